The molecule has 1 aliphatic heterocycles. The van der Waals surface area contributed by atoms with Gasteiger partial charge >= 0.3 is 0 Å². The van der Waals surface area contributed by atoms with Crippen molar-refractivity contribution in [2.24, 2.45) is 13.0 Å². The van der Waals surface area contributed by atoms with Crippen LogP contribution in [-0.4, -0.2) is 39.9 Å². The summed E-state index contributed by atoms with van der Waals surface area (Å²) in [6.07, 6.45) is 0. The second-order valence-corrected chi connectivity index (χ2v) is 11.2. The highest BCUT2D eigenvalue weighted by Crippen LogP contribution is 2.47. The molecule has 8 heteroatoms. The Morgan fingerprint density at radius 2 is 2.03 bits per heavy atom. The number of carbonyl (C=O) groups excluding carboxylic acids is 2. The summed E-state index contributed by atoms with van der Waals surface area (Å²) < 4.78 is 1.78. The lowest BCUT2D eigenvalue weighted by Crippen LogP contribution is -2.46. The number of nitrogens with one attached hydrogen (secondary N) is 1. The Morgan fingerprint density at radius 3 is 2.60 bits per heavy atom. The minimum absolute atomic E-state index is 0.00290. The van der Waals surface area contributed by atoms with E-state index in [1.807, 2.05) is 14.0 Å². The number of hydrogen-bond acceptors (Lipinski definition) is 5. The molecule has 2 aromatic rings. The first kappa shape index (κ1) is 22.9. The minimum atomic E-state index is -0.187. The van der Waals surface area contributed by atoms with Crippen LogP contribution in [0, 0.1) is 5.92 Å². The number of aromatic nitrogens is 2. The summed E-state index contributed by atoms with van der Waals surface area (Å²) >= 11 is 3.27. The van der Waals surface area contributed by atoms with E-state index >= 15 is 0 Å². The molecular formula is C22H32N4O2S2. The Hall–Kier alpha value is -1.80. The van der Waals surface area contributed by atoms with Gasteiger partial charge in [-0.25, -0.2) is 0 Å². The number of carbonyl (C=O) groups is 2. The van der Waals surface area contributed by atoms with Gasteiger partial charge in [0.05, 0.1) is 16.7 Å². The molecule has 0 aliphatic carbocycles. The molecule has 2 aromatic heterocycles. The Labute approximate surface area is 187 Å². The van der Waals surface area contributed by atoms with Crippen LogP contribution in [0.1, 0.15) is 63.6 Å². The number of nitrogens with zero attached hydrogens (tertiary/aromatic N) is 3. The number of rotatable bonds is 5. The number of fused-ring (bicyclic) bond motifs is 1. The Balaban J connectivity index is 2.07. The zero-order valence-electron chi connectivity index (χ0n) is 18.9. The van der Waals surface area contributed by atoms with Gasteiger partial charge in [0.1, 0.15) is 12.4 Å². The molecular weight excluding hydrogens is 416 g/mol. The van der Waals surface area contributed by atoms with Crippen LogP contribution in [0.3, 0.4) is 0 Å². The second kappa shape index (κ2) is 8.75. The van der Waals surface area contributed by atoms with Crippen LogP contribution in [0.5, 0.6) is 0 Å². The molecule has 2 unspecified atom stereocenters. The van der Waals surface area contributed by atoms with Crippen molar-refractivity contribution in [3.05, 3.63) is 33.6 Å². The van der Waals surface area contributed by atoms with E-state index in [0.717, 1.165) is 17.1 Å². The van der Waals surface area contributed by atoms with E-state index in [0.29, 0.717) is 11.7 Å². The van der Waals surface area contributed by atoms with Gasteiger partial charge in [-0.1, -0.05) is 34.6 Å². The van der Waals surface area contributed by atoms with Gasteiger partial charge in [-0.15, -0.1) is 11.8 Å². The van der Waals surface area contributed by atoms with Crippen LogP contribution in [0.25, 0.3) is 0 Å². The number of aryl methyl sites for hydroxylation is 1. The third kappa shape index (κ3) is 4.59. The van der Waals surface area contributed by atoms with Crippen LogP contribution in [-0.2, 0) is 22.1 Å². The van der Waals surface area contributed by atoms with Gasteiger partial charge in [0.2, 0.25) is 11.8 Å². The highest BCUT2D eigenvalue weighted by atomic mass is 32.2. The summed E-state index contributed by atoms with van der Waals surface area (Å²) in [5, 5.41) is 12.1. The predicted octanol–water partition coefficient (Wildman–Crippen LogP) is 4.11. The van der Waals surface area contributed by atoms with Crippen molar-refractivity contribution in [2.75, 3.05) is 17.2 Å². The highest BCUT2D eigenvalue weighted by molar-refractivity contribution is 8.00. The molecule has 0 radical (unpaired) electrons. The molecule has 3 rings (SSSR count). The monoisotopic (exact) mass is 448 g/mol. The summed E-state index contributed by atoms with van der Waals surface area (Å²) in [5.74, 6) is 1.18. The first-order chi connectivity index (χ1) is 14.0. The van der Waals surface area contributed by atoms with Gasteiger partial charge in [0.15, 0.2) is 0 Å². The molecule has 6 nitrogen and oxygen atoms in total. The molecule has 0 bridgehead atoms. The van der Waals surface area contributed by atoms with E-state index in [1.165, 1.54) is 5.56 Å². The third-order valence-corrected chi connectivity index (χ3v) is 7.45. The smallest absolute Gasteiger partial charge is 0.240 e. The van der Waals surface area contributed by atoms with Crippen molar-refractivity contribution in [1.82, 2.24) is 15.1 Å². The minimum Gasteiger partial charge on any atom is -0.352 e. The molecule has 0 fully saturated rings. The molecule has 0 saturated heterocycles. The zero-order valence-corrected chi connectivity index (χ0v) is 20.5. The molecule has 2 atom stereocenters. The van der Waals surface area contributed by atoms with E-state index < -0.39 is 0 Å². The Bertz CT molecular complexity index is 912. The van der Waals surface area contributed by atoms with Gasteiger partial charge in [0.25, 0.3) is 0 Å². The molecule has 3 heterocycles. The van der Waals surface area contributed by atoms with Crippen molar-refractivity contribution < 1.29 is 9.59 Å². The maximum absolute atomic E-state index is 13.1. The first-order valence-electron chi connectivity index (χ1n) is 10.3. The molecule has 0 aromatic carbocycles. The maximum atomic E-state index is 13.1. The predicted molar refractivity (Wildman–Crippen MR) is 125 cm³/mol. The lowest BCUT2D eigenvalue weighted by molar-refractivity contribution is -0.123. The molecule has 1 N–H and O–H groups in total. The Morgan fingerprint density at radius 1 is 1.33 bits per heavy atom. The van der Waals surface area contributed by atoms with E-state index in [1.54, 1.807) is 32.7 Å². The summed E-state index contributed by atoms with van der Waals surface area (Å²) in [4.78, 5) is 27.5. The molecule has 2 amide bonds. The van der Waals surface area contributed by atoms with Gasteiger partial charge in [-0.3, -0.25) is 19.2 Å². The quantitative estimate of drug-likeness (QED) is 0.748. The molecule has 0 saturated carbocycles. The molecule has 1 aliphatic rings. The van der Waals surface area contributed by atoms with Crippen molar-refractivity contribution in [2.45, 2.75) is 58.2 Å². The van der Waals surface area contributed by atoms with Gasteiger partial charge in [0, 0.05) is 24.1 Å². The first-order valence-corrected chi connectivity index (χ1v) is 12.3. The zero-order chi connectivity index (χ0) is 22.2. The van der Waals surface area contributed by atoms with Crippen molar-refractivity contribution in [3.8, 4) is 0 Å². The molecule has 0 spiro atoms. The maximum Gasteiger partial charge on any atom is 0.240 e. The van der Waals surface area contributed by atoms with Crippen molar-refractivity contribution in [3.63, 3.8) is 0 Å². The van der Waals surface area contributed by atoms with Crippen LogP contribution in [0.2, 0.25) is 0 Å². The number of amides is 2. The number of anilines is 1. The average molecular weight is 449 g/mol. The average Bonchev–Trinajstić information content (AvgIpc) is 3.25. The summed E-state index contributed by atoms with van der Waals surface area (Å²) in [5.41, 5.74) is 3.01. The fourth-order valence-electron chi connectivity index (χ4n) is 3.54. The van der Waals surface area contributed by atoms with E-state index in [9.17, 15) is 9.59 Å². The van der Waals surface area contributed by atoms with Crippen LogP contribution in [0.4, 0.5) is 5.82 Å². The van der Waals surface area contributed by atoms with E-state index in [4.69, 9.17) is 5.10 Å². The van der Waals surface area contributed by atoms with Crippen molar-refractivity contribution >= 4 is 40.7 Å². The third-order valence-electron chi connectivity index (χ3n) is 5.49. The summed E-state index contributed by atoms with van der Waals surface area (Å²) in [6, 6.07) is 2.16. The number of hydrogen-bond donors (Lipinski definition) is 1. The van der Waals surface area contributed by atoms with Gasteiger partial charge < -0.3 is 5.32 Å². The number of thioether (sulfide) groups is 1. The molecule has 30 heavy (non-hydrogen) atoms. The SMILES string of the molecule is CC(C)C(C)NC(=O)CN1C(=O)CSC(c2ccsc2)c2c(C(C)(C)C)nn(C)c21. The standard InChI is InChI=1S/C22H32N4O2S2/c1-13(2)14(3)23-16(27)10-26-17(28)12-30-19(15-8-9-29-11-15)18-20(22(4,5)6)24-25(7)21(18)26/h8-9,11,13-14,19H,10,12H2,1-7H3,(H,23,27). The summed E-state index contributed by atoms with van der Waals surface area (Å²) in [6.45, 7) is 12.5. The van der Waals surface area contributed by atoms with Gasteiger partial charge in [-0.2, -0.15) is 16.4 Å². The largest absolute Gasteiger partial charge is 0.352 e. The highest BCUT2D eigenvalue weighted by Gasteiger charge is 2.39. The number of thiophene rings is 1. The van der Waals surface area contributed by atoms with Crippen LogP contribution < -0.4 is 10.2 Å². The second-order valence-electron chi connectivity index (χ2n) is 9.29. The molecule has 164 valence electrons. The lowest BCUT2D eigenvalue weighted by atomic mass is 9.87. The van der Waals surface area contributed by atoms with Crippen LogP contribution in [0.15, 0.2) is 16.8 Å². The van der Waals surface area contributed by atoms with Gasteiger partial charge in [-0.05, 0) is 35.2 Å². The van der Waals surface area contributed by atoms with E-state index in [2.05, 4.69) is 56.8 Å². The van der Waals surface area contributed by atoms with Crippen molar-refractivity contribution in [1.29, 1.82) is 0 Å². The normalized spacial score (nSPS) is 18.3. The topological polar surface area (TPSA) is 67.2 Å². The van der Waals surface area contributed by atoms with Crippen LogP contribution >= 0.6 is 23.1 Å². The van der Waals surface area contributed by atoms with E-state index in [-0.39, 0.29) is 35.1 Å². The lowest BCUT2D eigenvalue weighted by Gasteiger charge is -2.25. The summed E-state index contributed by atoms with van der Waals surface area (Å²) in [7, 11) is 1.86. The fraction of sp³-hybridized carbons (Fsp3) is 0.591. The Kier molecular flexibility index (Phi) is 6.67. The fourth-order valence-corrected chi connectivity index (χ4v) is 5.50.